The maximum Gasteiger partial charge on any atom is 0.298 e. The summed E-state index contributed by atoms with van der Waals surface area (Å²) in [5.41, 5.74) is 3.32. The molecular formula is C25H26N6O2. The molecule has 2 aliphatic heterocycles. The first-order chi connectivity index (χ1) is 16.2. The summed E-state index contributed by atoms with van der Waals surface area (Å²) < 4.78 is 5.93. The molecule has 2 aliphatic rings. The molecule has 2 aromatic carbocycles. The van der Waals surface area contributed by atoms with Crippen LogP contribution in [-0.2, 0) is 4.79 Å². The van der Waals surface area contributed by atoms with Crippen LogP contribution in [0, 0.1) is 5.92 Å². The number of hydrogen-bond donors (Lipinski definition) is 0. The van der Waals surface area contributed by atoms with Crippen molar-refractivity contribution in [2.45, 2.75) is 19.3 Å². The van der Waals surface area contributed by atoms with E-state index in [1.807, 2.05) is 60.5 Å². The number of amides is 1. The number of para-hydroxylation sites is 4. The van der Waals surface area contributed by atoms with E-state index in [2.05, 4.69) is 14.8 Å². The first-order valence-electron chi connectivity index (χ1n) is 11.6. The van der Waals surface area contributed by atoms with Crippen molar-refractivity contribution in [3.05, 3.63) is 48.5 Å². The third-order valence-corrected chi connectivity index (χ3v) is 6.69. The van der Waals surface area contributed by atoms with E-state index in [0.717, 1.165) is 66.8 Å². The van der Waals surface area contributed by atoms with Gasteiger partial charge in [-0.05, 0) is 43.5 Å². The Labute approximate surface area is 191 Å². The van der Waals surface area contributed by atoms with Gasteiger partial charge in [0.15, 0.2) is 17.2 Å². The summed E-state index contributed by atoms with van der Waals surface area (Å²) in [5, 5.41) is 0. The average Bonchev–Trinajstić information content (AvgIpc) is 3.23. The van der Waals surface area contributed by atoms with E-state index >= 15 is 0 Å². The van der Waals surface area contributed by atoms with E-state index in [1.165, 1.54) is 0 Å². The van der Waals surface area contributed by atoms with Gasteiger partial charge in [-0.15, -0.1) is 0 Å². The maximum absolute atomic E-state index is 13.7. The molecule has 0 spiro atoms. The molecule has 8 nitrogen and oxygen atoms in total. The molecule has 0 radical (unpaired) electrons. The van der Waals surface area contributed by atoms with E-state index < -0.39 is 0 Å². The third-order valence-electron chi connectivity index (χ3n) is 6.69. The number of oxazole rings is 1. The van der Waals surface area contributed by atoms with Gasteiger partial charge in [0.25, 0.3) is 6.01 Å². The third kappa shape index (κ3) is 3.55. The molecular weight excluding hydrogens is 416 g/mol. The van der Waals surface area contributed by atoms with Gasteiger partial charge in [-0.3, -0.25) is 9.69 Å². The highest BCUT2D eigenvalue weighted by Gasteiger charge is 2.34. The van der Waals surface area contributed by atoms with Gasteiger partial charge in [-0.25, -0.2) is 9.97 Å². The molecule has 33 heavy (non-hydrogen) atoms. The maximum atomic E-state index is 13.7. The van der Waals surface area contributed by atoms with Gasteiger partial charge in [0.2, 0.25) is 5.91 Å². The van der Waals surface area contributed by atoms with Crippen molar-refractivity contribution >= 4 is 45.7 Å². The Bertz CT molecular complexity index is 1290. The van der Waals surface area contributed by atoms with E-state index in [-0.39, 0.29) is 11.8 Å². The highest BCUT2D eigenvalue weighted by Crippen LogP contribution is 2.33. The predicted molar refractivity (Wildman–Crippen MR) is 129 cm³/mol. The smallest absolute Gasteiger partial charge is 0.298 e. The zero-order valence-corrected chi connectivity index (χ0v) is 18.6. The van der Waals surface area contributed by atoms with E-state index in [0.29, 0.717) is 18.4 Å². The molecule has 1 amide bonds. The summed E-state index contributed by atoms with van der Waals surface area (Å²) in [4.78, 5) is 34.1. The van der Waals surface area contributed by atoms with E-state index in [1.54, 1.807) is 0 Å². The van der Waals surface area contributed by atoms with E-state index in [9.17, 15) is 4.79 Å². The van der Waals surface area contributed by atoms with Crippen LogP contribution in [0.4, 0.5) is 17.7 Å². The van der Waals surface area contributed by atoms with Crippen LogP contribution in [0.5, 0.6) is 0 Å². The van der Waals surface area contributed by atoms with Gasteiger partial charge in [-0.2, -0.15) is 4.98 Å². The minimum atomic E-state index is -0.0462. The summed E-state index contributed by atoms with van der Waals surface area (Å²) in [6.07, 6.45) is 2.42. The SMILES string of the molecule is CN1CCCN(C(=O)C2CCN(c3nc4ccccc4o3)CC2)c2nc3ccccc3nc21. The molecule has 4 aromatic rings. The second-order valence-corrected chi connectivity index (χ2v) is 8.85. The first-order valence-corrected chi connectivity index (χ1v) is 11.6. The van der Waals surface area contributed by atoms with Gasteiger partial charge < -0.3 is 14.2 Å². The largest absolute Gasteiger partial charge is 0.423 e. The topological polar surface area (TPSA) is 78.6 Å². The lowest BCUT2D eigenvalue weighted by molar-refractivity contribution is -0.123. The minimum Gasteiger partial charge on any atom is -0.423 e. The second-order valence-electron chi connectivity index (χ2n) is 8.85. The normalized spacial score (nSPS) is 17.4. The van der Waals surface area contributed by atoms with Crippen molar-refractivity contribution in [3.63, 3.8) is 0 Å². The Kier molecular flexibility index (Phi) is 4.86. The van der Waals surface area contributed by atoms with Crippen molar-refractivity contribution in [2.75, 3.05) is 47.9 Å². The van der Waals surface area contributed by atoms with Crippen LogP contribution in [-0.4, -0.2) is 54.1 Å². The van der Waals surface area contributed by atoms with Crippen LogP contribution in [0.1, 0.15) is 19.3 Å². The Morgan fingerprint density at radius 1 is 0.848 bits per heavy atom. The summed E-state index contributed by atoms with van der Waals surface area (Å²) in [6, 6.07) is 16.3. The highest BCUT2D eigenvalue weighted by molar-refractivity contribution is 5.98. The molecule has 0 N–H and O–H groups in total. The molecule has 1 saturated heterocycles. The number of carbonyl (C=O) groups excluding carboxylic acids is 1. The summed E-state index contributed by atoms with van der Waals surface area (Å²) in [5.74, 6) is 1.56. The lowest BCUT2D eigenvalue weighted by atomic mass is 9.95. The van der Waals surface area contributed by atoms with Crippen molar-refractivity contribution in [3.8, 4) is 0 Å². The van der Waals surface area contributed by atoms with Gasteiger partial charge in [-0.1, -0.05) is 24.3 Å². The molecule has 8 heteroatoms. The fourth-order valence-corrected chi connectivity index (χ4v) is 4.84. The Morgan fingerprint density at radius 3 is 2.24 bits per heavy atom. The number of hydrogen-bond acceptors (Lipinski definition) is 7. The number of benzene rings is 2. The summed E-state index contributed by atoms with van der Waals surface area (Å²) in [6.45, 7) is 2.99. The van der Waals surface area contributed by atoms with E-state index in [4.69, 9.17) is 14.4 Å². The average molecular weight is 443 g/mol. The van der Waals surface area contributed by atoms with Crippen LogP contribution >= 0.6 is 0 Å². The van der Waals surface area contributed by atoms with Crippen molar-refractivity contribution in [1.82, 2.24) is 15.0 Å². The van der Waals surface area contributed by atoms with Crippen LogP contribution in [0.25, 0.3) is 22.1 Å². The molecule has 0 aliphatic carbocycles. The molecule has 6 rings (SSSR count). The number of piperidine rings is 1. The standard InChI is InChI=1S/C25H26N6O2/c1-29-13-6-14-31(23-22(29)26-18-7-2-3-8-19(18)27-23)24(32)17-11-15-30(16-12-17)25-28-20-9-4-5-10-21(20)33-25/h2-5,7-10,17H,6,11-16H2,1H3. The quantitative estimate of drug-likeness (QED) is 0.466. The van der Waals surface area contributed by atoms with Gasteiger partial charge in [0.1, 0.15) is 5.52 Å². The monoisotopic (exact) mass is 442 g/mol. The Morgan fingerprint density at radius 2 is 1.52 bits per heavy atom. The Balaban J connectivity index is 1.23. The van der Waals surface area contributed by atoms with Crippen molar-refractivity contribution in [1.29, 1.82) is 0 Å². The predicted octanol–water partition coefficient (Wildman–Crippen LogP) is 3.86. The lowest BCUT2D eigenvalue weighted by Crippen LogP contribution is -2.43. The van der Waals surface area contributed by atoms with Crippen LogP contribution in [0.3, 0.4) is 0 Å². The second kappa shape index (κ2) is 8.03. The molecule has 1 fully saturated rings. The fourth-order valence-electron chi connectivity index (χ4n) is 4.84. The fraction of sp³-hybridized carbons (Fsp3) is 0.360. The molecule has 2 aromatic heterocycles. The zero-order valence-electron chi connectivity index (χ0n) is 18.6. The number of fused-ring (bicyclic) bond motifs is 3. The number of aromatic nitrogens is 3. The molecule has 0 saturated carbocycles. The number of nitrogens with zero attached hydrogens (tertiary/aromatic N) is 6. The summed E-state index contributed by atoms with van der Waals surface area (Å²) in [7, 11) is 2.02. The lowest BCUT2D eigenvalue weighted by Gasteiger charge is -2.33. The number of anilines is 3. The summed E-state index contributed by atoms with van der Waals surface area (Å²) >= 11 is 0. The Hall–Kier alpha value is -3.68. The molecule has 0 bridgehead atoms. The van der Waals surface area contributed by atoms with Crippen LogP contribution < -0.4 is 14.7 Å². The number of carbonyl (C=O) groups is 1. The van der Waals surface area contributed by atoms with Crippen LogP contribution in [0.15, 0.2) is 52.9 Å². The zero-order chi connectivity index (χ0) is 22.4. The van der Waals surface area contributed by atoms with Crippen LogP contribution in [0.2, 0.25) is 0 Å². The molecule has 4 heterocycles. The molecule has 168 valence electrons. The van der Waals surface area contributed by atoms with Gasteiger partial charge >= 0.3 is 0 Å². The molecule has 0 unspecified atom stereocenters. The number of rotatable bonds is 2. The van der Waals surface area contributed by atoms with Crippen molar-refractivity contribution in [2.24, 2.45) is 5.92 Å². The van der Waals surface area contributed by atoms with Crippen molar-refractivity contribution < 1.29 is 9.21 Å². The van der Waals surface area contributed by atoms with Gasteiger partial charge in [0.05, 0.1) is 11.0 Å². The molecule has 0 atom stereocenters. The minimum absolute atomic E-state index is 0.0462. The highest BCUT2D eigenvalue weighted by atomic mass is 16.4. The first kappa shape index (κ1) is 20.0. The van der Waals surface area contributed by atoms with Gasteiger partial charge in [0, 0.05) is 39.1 Å².